The van der Waals surface area contributed by atoms with Crippen molar-refractivity contribution in [1.82, 2.24) is 0 Å². The van der Waals surface area contributed by atoms with E-state index in [-0.39, 0.29) is 6.54 Å². The number of nitrogens with zero attached hydrogens (tertiary/aromatic N) is 1. The van der Waals surface area contributed by atoms with Crippen LogP contribution < -0.4 is 9.47 Å². The third-order valence-corrected chi connectivity index (χ3v) is 2.79. The largest absolute Gasteiger partial charge is 0.486 e. The summed E-state index contributed by atoms with van der Waals surface area (Å²) >= 11 is 6.08. The minimum atomic E-state index is 0.213. The van der Waals surface area contributed by atoms with Crippen molar-refractivity contribution in [2.24, 2.45) is 4.99 Å². The second-order valence-electron chi connectivity index (χ2n) is 3.39. The van der Waals surface area contributed by atoms with E-state index in [0.29, 0.717) is 29.7 Å². The number of halogens is 1. The minimum absolute atomic E-state index is 0.213. The normalized spacial score (nSPS) is 13.1. The van der Waals surface area contributed by atoms with Gasteiger partial charge in [-0.2, -0.15) is 0 Å². The quantitative estimate of drug-likeness (QED) is 0.588. The molecule has 0 amide bonds. The van der Waals surface area contributed by atoms with E-state index in [1.165, 1.54) is 6.08 Å². The van der Waals surface area contributed by atoms with Crippen LogP contribution in [0.2, 0.25) is 5.02 Å². The lowest BCUT2D eigenvalue weighted by molar-refractivity contribution is 0.170. The average Bonchev–Trinajstić information content (AvgIpc) is 2.29. The highest BCUT2D eigenvalue weighted by atomic mass is 35.5. The van der Waals surface area contributed by atoms with Crippen molar-refractivity contribution < 1.29 is 14.3 Å². The first-order valence-corrected chi connectivity index (χ1v) is 5.23. The highest BCUT2D eigenvalue weighted by molar-refractivity contribution is 6.31. The zero-order valence-corrected chi connectivity index (χ0v) is 9.50. The molecule has 0 saturated heterocycles. The van der Waals surface area contributed by atoms with Crippen LogP contribution in [-0.2, 0) is 11.3 Å². The Morgan fingerprint density at radius 3 is 3.00 bits per heavy atom. The maximum Gasteiger partial charge on any atom is 0.235 e. The van der Waals surface area contributed by atoms with Crippen LogP contribution in [0.15, 0.2) is 11.1 Å². The molecule has 0 bridgehead atoms. The SMILES string of the molecule is Cc1c(CN=C=O)c(Cl)cc2c1OCCO2. The first-order valence-electron chi connectivity index (χ1n) is 4.85. The van der Waals surface area contributed by atoms with Gasteiger partial charge in [-0.05, 0) is 12.5 Å². The fourth-order valence-electron chi connectivity index (χ4n) is 1.66. The molecule has 16 heavy (non-hydrogen) atoms. The molecule has 84 valence electrons. The highest BCUT2D eigenvalue weighted by Gasteiger charge is 2.19. The molecular formula is C11H10ClNO3. The number of hydrogen-bond donors (Lipinski definition) is 0. The fourth-order valence-corrected chi connectivity index (χ4v) is 1.96. The molecule has 0 saturated carbocycles. The molecule has 1 aliphatic heterocycles. The van der Waals surface area contributed by atoms with Crippen molar-refractivity contribution in [2.45, 2.75) is 13.5 Å². The first-order chi connectivity index (χ1) is 7.74. The average molecular weight is 240 g/mol. The summed E-state index contributed by atoms with van der Waals surface area (Å²) in [6.07, 6.45) is 1.49. The van der Waals surface area contributed by atoms with E-state index in [2.05, 4.69) is 4.99 Å². The molecule has 5 heteroatoms. The molecule has 1 aromatic rings. The van der Waals surface area contributed by atoms with Crippen molar-refractivity contribution in [2.75, 3.05) is 13.2 Å². The maximum atomic E-state index is 10.1. The summed E-state index contributed by atoms with van der Waals surface area (Å²) in [7, 11) is 0. The monoisotopic (exact) mass is 239 g/mol. The van der Waals surface area contributed by atoms with E-state index in [9.17, 15) is 4.79 Å². The van der Waals surface area contributed by atoms with Crippen LogP contribution in [0.25, 0.3) is 0 Å². The lowest BCUT2D eigenvalue weighted by atomic mass is 10.1. The molecule has 0 aromatic heterocycles. The summed E-state index contributed by atoms with van der Waals surface area (Å²) in [5.74, 6) is 1.33. The number of isocyanates is 1. The van der Waals surface area contributed by atoms with E-state index < -0.39 is 0 Å². The van der Waals surface area contributed by atoms with Gasteiger partial charge in [-0.1, -0.05) is 11.6 Å². The fraction of sp³-hybridized carbons (Fsp3) is 0.364. The van der Waals surface area contributed by atoms with Crippen LogP contribution >= 0.6 is 11.6 Å². The number of rotatable bonds is 2. The lowest BCUT2D eigenvalue weighted by Gasteiger charge is -2.22. The van der Waals surface area contributed by atoms with E-state index in [1.54, 1.807) is 6.07 Å². The molecule has 0 unspecified atom stereocenters. The molecule has 1 aliphatic rings. The van der Waals surface area contributed by atoms with Crippen LogP contribution in [0.1, 0.15) is 11.1 Å². The van der Waals surface area contributed by atoms with Crippen LogP contribution in [0, 0.1) is 6.92 Å². The summed E-state index contributed by atoms with van der Waals surface area (Å²) in [5, 5.41) is 0.528. The molecule has 0 spiro atoms. The Kier molecular flexibility index (Phi) is 3.13. The van der Waals surface area contributed by atoms with Crippen LogP contribution in [-0.4, -0.2) is 19.3 Å². The van der Waals surface area contributed by atoms with Gasteiger partial charge in [-0.15, -0.1) is 0 Å². The van der Waals surface area contributed by atoms with E-state index in [1.807, 2.05) is 6.92 Å². The van der Waals surface area contributed by atoms with Gasteiger partial charge in [0.15, 0.2) is 11.5 Å². The maximum absolute atomic E-state index is 10.1. The summed E-state index contributed by atoms with van der Waals surface area (Å²) < 4.78 is 10.9. The first kappa shape index (κ1) is 11.0. The van der Waals surface area contributed by atoms with Gasteiger partial charge in [0.25, 0.3) is 0 Å². The zero-order valence-electron chi connectivity index (χ0n) is 8.75. The zero-order chi connectivity index (χ0) is 11.5. The Morgan fingerprint density at radius 2 is 2.25 bits per heavy atom. The molecule has 0 radical (unpaired) electrons. The minimum Gasteiger partial charge on any atom is -0.486 e. The van der Waals surface area contributed by atoms with Crippen molar-refractivity contribution in [1.29, 1.82) is 0 Å². The van der Waals surface area contributed by atoms with Gasteiger partial charge < -0.3 is 9.47 Å². The predicted molar refractivity (Wildman–Crippen MR) is 59.0 cm³/mol. The summed E-state index contributed by atoms with van der Waals surface area (Å²) in [5.41, 5.74) is 1.63. The molecule has 1 aromatic carbocycles. The topological polar surface area (TPSA) is 47.9 Å². The molecule has 4 nitrogen and oxygen atoms in total. The van der Waals surface area contributed by atoms with Crippen molar-refractivity contribution in [3.05, 3.63) is 22.2 Å². The smallest absolute Gasteiger partial charge is 0.235 e. The third-order valence-electron chi connectivity index (χ3n) is 2.45. The number of ether oxygens (including phenoxy) is 2. The van der Waals surface area contributed by atoms with Crippen LogP contribution in [0.5, 0.6) is 11.5 Å². The van der Waals surface area contributed by atoms with Crippen molar-refractivity contribution >= 4 is 17.7 Å². The van der Waals surface area contributed by atoms with E-state index in [0.717, 1.165) is 11.1 Å². The van der Waals surface area contributed by atoms with E-state index >= 15 is 0 Å². The van der Waals surface area contributed by atoms with Crippen LogP contribution in [0.4, 0.5) is 0 Å². The van der Waals surface area contributed by atoms with Gasteiger partial charge in [0.05, 0.1) is 6.54 Å². The van der Waals surface area contributed by atoms with Gasteiger partial charge in [0, 0.05) is 16.7 Å². The Hall–Kier alpha value is -1.51. The lowest BCUT2D eigenvalue weighted by Crippen LogP contribution is -2.16. The number of fused-ring (bicyclic) bond motifs is 1. The number of hydrogen-bond acceptors (Lipinski definition) is 4. The predicted octanol–water partition coefficient (Wildman–Crippen LogP) is 2.26. The second-order valence-corrected chi connectivity index (χ2v) is 3.80. The van der Waals surface area contributed by atoms with Crippen molar-refractivity contribution in [3.8, 4) is 11.5 Å². The van der Waals surface area contributed by atoms with Gasteiger partial charge in [-0.3, -0.25) is 0 Å². The van der Waals surface area contributed by atoms with Gasteiger partial charge in [0.2, 0.25) is 6.08 Å². The summed E-state index contributed by atoms with van der Waals surface area (Å²) in [6.45, 7) is 3.13. The Balaban J connectivity index is 2.49. The number of carbonyl (C=O) groups excluding carboxylic acids is 1. The molecule has 0 fully saturated rings. The summed E-state index contributed by atoms with van der Waals surface area (Å²) in [6, 6.07) is 1.69. The summed E-state index contributed by atoms with van der Waals surface area (Å²) in [4.78, 5) is 13.6. The molecular weight excluding hydrogens is 230 g/mol. The van der Waals surface area contributed by atoms with Gasteiger partial charge in [-0.25, -0.2) is 9.79 Å². The molecule has 0 atom stereocenters. The third kappa shape index (κ3) is 1.90. The Bertz CT molecular complexity index is 467. The van der Waals surface area contributed by atoms with Gasteiger partial charge in [0.1, 0.15) is 13.2 Å². The van der Waals surface area contributed by atoms with Crippen molar-refractivity contribution in [3.63, 3.8) is 0 Å². The highest BCUT2D eigenvalue weighted by Crippen LogP contribution is 2.39. The molecule has 2 rings (SSSR count). The second kappa shape index (κ2) is 4.56. The Morgan fingerprint density at radius 1 is 1.50 bits per heavy atom. The number of benzene rings is 1. The molecule has 0 aliphatic carbocycles. The molecule has 1 heterocycles. The number of aliphatic imine (C=N–C) groups is 1. The molecule has 0 N–H and O–H groups in total. The van der Waals surface area contributed by atoms with Gasteiger partial charge >= 0.3 is 0 Å². The van der Waals surface area contributed by atoms with Crippen LogP contribution in [0.3, 0.4) is 0 Å². The standard InChI is InChI=1S/C11H10ClNO3/c1-7-8(5-13-6-14)9(12)4-10-11(7)16-3-2-15-10/h4H,2-3,5H2,1H3. The van der Waals surface area contributed by atoms with E-state index in [4.69, 9.17) is 21.1 Å². The Labute approximate surface area is 97.8 Å².